The van der Waals surface area contributed by atoms with Crippen molar-refractivity contribution in [3.63, 3.8) is 0 Å². The van der Waals surface area contributed by atoms with Crippen molar-refractivity contribution in [3.05, 3.63) is 0 Å². The molecule has 4 nitrogen and oxygen atoms in total. The molecule has 0 spiro atoms. The Morgan fingerprint density at radius 1 is 1.10 bits per heavy atom. The van der Waals surface area contributed by atoms with Gasteiger partial charge in [-0.1, -0.05) is 12.8 Å². The minimum Gasteiger partial charge on any atom is -0.341 e. The van der Waals surface area contributed by atoms with Gasteiger partial charge >= 0.3 is 0 Å². The zero-order valence-corrected chi connectivity index (χ0v) is 13.4. The quantitative estimate of drug-likeness (QED) is 0.832. The van der Waals surface area contributed by atoms with Gasteiger partial charge in [0.2, 0.25) is 5.91 Å². The standard InChI is InChI=1S/C17H31N3O/c1-13(17(21)20-11-4-5-12-20)19-16-8-3-2-7-14(16)15-9-6-10-18-15/h13-16,18-19H,2-12H2,1H3. The average molecular weight is 293 g/mol. The molecule has 0 radical (unpaired) electrons. The van der Waals surface area contributed by atoms with Crippen LogP contribution in [0.4, 0.5) is 0 Å². The molecule has 2 saturated heterocycles. The Balaban J connectivity index is 1.56. The zero-order chi connectivity index (χ0) is 14.7. The van der Waals surface area contributed by atoms with E-state index in [4.69, 9.17) is 0 Å². The van der Waals surface area contributed by atoms with E-state index in [1.807, 2.05) is 4.90 Å². The van der Waals surface area contributed by atoms with Gasteiger partial charge in [0.05, 0.1) is 6.04 Å². The number of hydrogen-bond acceptors (Lipinski definition) is 3. The van der Waals surface area contributed by atoms with Crippen LogP contribution in [0.3, 0.4) is 0 Å². The highest BCUT2D eigenvalue weighted by atomic mass is 16.2. The van der Waals surface area contributed by atoms with Gasteiger partial charge in [-0.3, -0.25) is 4.79 Å². The van der Waals surface area contributed by atoms with Crippen molar-refractivity contribution in [2.75, 3.05) is 19.6 Å². The predicted molar refractivity (Wildman–Crippen MR) is 85.2 cm³/mol. The fraction of sp³-hybridized carbons (Fsp3) is 0.941. The highest BCUT2D eigenvalue weighted by Gasteiger charge is 2.35. The average Bonchev–Trinajstić information content (AvgIpc) is 3.20. The Morgan fingerprint density at radius 3 is 2.57 bits per heavy atom. The van der Waals surface area contributed by atoms with Gasteiger partial charge in [-0.15, -0.1) is 0 Å². The largest absolute Gasteiger partial charge is 0.341 e. The summed E-state index contributed by atoms with van der Waals surface area (Å²) in [4.78, 5) is 14.5. The second-order valence-electron chi connectivity index (χ2n) is 7.18. The van der Waals surface area contributed by atoms with Crippen LogP contribution in [0.5, 0.6) is 0 Å². The minimum absolute atomic E-state index is 0.0184. The number of rotatable bonds is 4. The van der Waals surface area contributed by atoms with E-state index >= 15 is 0 Å². The number of hydrogen-bond donors (Lipinski definition) is 2. The summed E-state index contributed by atoms with van der Waals surface area (Å²) >= 11 is 0. The summed E-state index contributed by atoms with van der Waals surface area (Å²) in [5.41, 5.74) is 0. The molecule has 0 bridgehead atoms. The van der Waals surface area contributed by atoms with Crippen molar-refractivity contribution in [3.8, 4) is 0 Å². The SMILES string of the molecule is CC(NC1CCCCC1C1CCCN1)C(=O)N1CCCC1. The number of likely N-dealkylation sites (tertiary alicyclic amines) is 1. The molecule has 3 rings (SSSR count). The van der Waals surface area contributed by atoms with Gasteiger partial charge in [0.15, 0.2) is 0 Å². The van der Waals surface area contributed by atoms with Crippen molar-refractivity contribution < 1.29 is 4.79 Å². The minimum atomic E-state index is -0.0184. The molecule has 1 saturated carbocycles. The molecule has 2 aliphatic heterocycles. The lowest BCUT2D eigenvalue weighted by molar-refractivity contribution is -0.132. The number of amides is 1. The molecule has 2 N–H and O–H groups in total. The first-order chi connectivity index (χ1) is 10.3. The molecule has 120 valence electrons. The van der Waals surface area contributed by atoms with Crippen molar-refractivity contribution in [2.24, 2.45) is 5.92 Å². The van der Waals surface area contributed by atoms with Crippen LogP contribution in [-0.4, -0.2) is 48.6 Å². The number of carbonyl (C=O) groups excluding carboxylic acids is 1. The van der Waals surface area contributed by atoms with E-state index < -0.39 is 0 Å². The molecular formula is C17H31N3O. The summed E-state index contributed by atoms with van der Waals surface area (Å²) in [6, 6.07) is 1.18. The summed E-state index contributed by atoms with van der Waals surface area (Å²) in [6.45, 7) is 5.16. The fourth-order valence-electron chi connectivity index (χ4n) is 4.53. The highest BCUT2D eigenvalue weighted by Crippen LogP contribution is 2.31. The molecule has 21 heavy (non-hydrogen) atoms. The van der Waals surface area contributed by atoms with Gasteiger partial charge in [0.25, 0.3) is 0 Å². The van der Waals surface area contributed by atoms with Crippen LogP contribution in [0.2, 0.25) is 0 Å². The molecule has 4 atom stereocenters. The van der Waals surface area contributed by atoms with E-state index in [2.05, 4.69) is 17.6 Å². The highest BCUT2D eigenvalue weighted by molar-refractivity contribution is 5.81. The molecule has 1 amide bonds. The first kappa shape index (κ1) is 15.3. The van der Waals surface area contributed by atoms with E-state index in [9.17, 15) is 4.79 Å². The summed E-state index contributed by atoms with van der Waals surface area (Å²) in [5.74, 6) is 1.03. The topological polar surface area (TPSA) is 44.4 Å². The maximum atomic E-state index is 12.5. The Bertz CT molecular complexity index is 348. The van der Waals surface area contributed by atoms with E-state index in [-0.39, 0.29) is 6.04 Å². The third-order valence-electron chi connectivity index (χ3n) is 5.69. The van der Waals surface area contributed by atoms with Gasteiger partial charge in [-0.25, -0.2) is 0 Å². The maximum absolute atomic E-state index is 12.5. The number of nitrogens with zero attached hydrogens (tertiary/aromatic N) is 1. The molecular weight excluding hydrogens is 262 g/mol. The van der Waals surface area contributed by atoms with Gasteiger partial charge in [-0.2, -0.15) is 0 Å². The Kier molecular flexibility index (Phi) is 5.17. The molecule has 4 unspecified atom stereocenters. The molecule has 0 aromatic carbocycles. The molecule has 3 aliphatic rings. The second kappa shape index (κ2) is 7.10. The van der Waals surface area contributed by atoms with Gasteiger partial charge in [-0.05, 0) is 57.9 Å². The van der Waals surface area contributed by atoms with Crippen molar-refractivity contribution >= 4 is 5.91 Å². The summed E-state index contributed by atoms with van der Waals surface area (Å²) in [5, 5.41) is 7.37. The second-order valence-corrected chi connectivity index (χ2v) is 7.18. The Morgan fingerprint density at radius 2 is 1.86 bits per heavy atom. The fourth-order valence-corrected chi connectivity index (χ4v) is 4.53. The lowest BCUT2D eigenvalue weighted by Crippen LogP contribution is -2.53. The van der Waals surface area contributed by atoms with Crippen LogP contribution >= 0.6 is 0 Å². The first-order valence-electron chi connectivity index (χ1n) is 9.04. The van der Waals surface area contributed by atoms with Gasteiger partial charge < -0.3 is 15.5 Å². The van der Waals surface area contributed by atoms with E-state index in [1.165, 1.54) is 57.9 Å². The molecule has 0 aromatic heterocycles. The number of nitrogens with one attached hydrogen (secondary N) is 2. The van der Waals surface area contributed by atoms with Crippen LogP contribution in [0, 0.1) is 5.92 Å². The third-order valence-corrected chi connectivity index (χ3v) is 5.69. The lowest BCUT2D eigenvalue weighted by atomic mass is 9.79. The normalized spacial score (nSPS) is 35.1. The monoisotopic (exact) mass is 293 g/mol. The van der Waals surface area contributed by atoms with Crippen LogP contribution < -0.4 is 10.6 Å². The van der Waals surface area contributed by atoms with Crippen molar-refractivity contribution in [2.45, 2.75) is 76.4 Å². The molecule has 3 fully saturated rings. The van der Waals surface area contributed by atoms with Crippen molar-refractivity contribution in [1.82, 2.24) is 15.5 Å². The van der Waals surface area contributed by atoms with Crippen molar-refractivity contribution in [1.29, 1.82) is 0 Å². The van der Waals surface area contributed by atoms with Crippen LogP contribution in [0.25, 0.3) is 0 Å². The lowest BCUT2D eigenvalue weighted by Gasteiger charge is -2.38. The predicted octanol–water partition coefficient (Wildman–Crippen LogP) is 1.90. The smallest absolute Gasteiger partial charge is 0.239 e. The van der Waals surface area contributed by atoms with E-state index in [0.29, 0.717) is 18.0 Å². The van der Waals surface area contributed by atoms with Gasteiger partial charge in [0.1, 0.15) is 0 Å². The van der Waals surface area contributed by atoms with Crippen LogP contribution in [0.1, 0.15) is 58.3 Å². The third kappa shape index (κ3) is 3.59. The molecule has 4 heteroatoms. The zero-order valence-electron chi connectivity index (χ0n) is 13.4. The summed E-state index contributed by atoms with van der Waals surface area (Å²) in [6.07, 6.45) is 10.2. The molecule has 2 heterocycles. The van der Waals surface area contributed by atoms with Crippen LogP contribution in [-0.2, 0) is 4.79 Å². The molecule has 0 aromatic rings. The van der Waals surface area contributed by atoms with Gasteiger partial charge in [0, 0.05) is 25.2 Å². The maximum Gasteiger partial charge on any atom is 0.239 e. The Hall–Kier alpha value is -0.610. The van der Waals surface area contributed by atoms with E-state index in [0.717, 1.165) is 19.0 Å². The van der Waals surface area contributed by atoms with Crippen LogP contribution in [0.15, 0.2) is 0 Å². The summed E-state index contributed by atoms with van der Waals surface area (Å²) in [7, 11) is 0. The first-order valence-corrected chi connectivity index (χ1v) is 9.04. The molecule has 1 aliphatic carbocycles. The summed E-state index contributed by atoms with van der Waals surface area (Å²) < 4.78 is 0. The Labute approximate surface area is 129 Å². The number of carbonyl (C=O) groups is 1. The van der Waals surface area contributed by atoms with E-state index in [1.54, 1.807) is 0 Å².